The molecular weight excluding hydrogens is 220 g/mol. The molecule has 86 valence electrons. The van der Waals surface area contributed by atoms with Gasteiger partial charge in [0.25, 0.3) is 0 Å². The Morgan fingerprint density at radius 3 is 2.88 bits per heavy atom. The molecule has 4 nitrogen and oxygen atoms in total. The Morgan fingerprint density at radius 2 is 2.31 bits per heavy atom. The number of thiazole rings is 1. The van der Waals surface area contributed by atoms with Crippen molar-refractivity contribution < 1.29 is 0 Å². The minimum Gasteiger partial charge on any atom is -0.338 e. The van der Waals surface area contributed by atoms with E-state index in [9.17, 15) is 0 Å². The van der Waals surface area contributed by atoms with Gasteiger partial charge in [0.2, 0.25) is 0 Å². The summed E-state index contributed by atoms with van der Waals surface area (Å²) in [5, 5.41) is 0. The molecular formula is C11H16N4S. The Balaban J connectivity index is 1.97. The summed E-state index contributed by atoms with van der Waals surface area (Å²) >= 11 is 1.64. The molecule has 0 aliphatic carbocycles. The summed E-state index contributed by atoms with van der Waals surface area (Å²) in [4.78, 5) is 9.69. The maximum atomic E-state index is 6.14. The Morgan fingerprint density at radius 1 is 1.50 bits per heavy atom. The van der Waals surface area contributed by atoms with Crippen LogP contribution in [0.3, 0.4) is 0 Å². The average Bonchev–Trinajstić information content (AvgIpc) is 2.84. The molecule has 0 saturated heterocycles. The Bertz CT molecular complexity index is 460. The van der Waals surface area contributed by atoms with Gasteiger partial charge >= 0.3 is 0 Å². The molecule has 0 aliphatic heterocycles. The second kappa shape index (κ2) is 4.76. The van der Waals surface area contributed by atoms with E-state index in [1.807, 2.05) is 36.4 Å². The maximum absolute atomic E-state index is 6.14. The van der Waals surface area contributed by atoms with Gasteiger partial charge in [-0.3, -0.25) is 0 Å². The van der Waals surface area contributed by atoms with Crippen LogP contribution in [0, 0.1) is 6.92 Å². The van der Waals surface area contributed by atoms with Crippen LogP contribution in [0.1, 0.15) is 28.9 Å². The van der Waals surface area contributed by atoms with Crippen molar-refractivity contribution in [1.82, 2.24) is 14.5 Å². The van der Waals surface area contributed by atoms with Crippen LogP contribution < -0.4 is 5.73 Å². The summed E-state index contributed by atoms with van der Waals surface area (Å²) in [6.45, 7) is 2.01. The summed E-state index contributed by atoms with van der Waals surface area (Å²) in [5.74, 6) is 1.08. The quantitative estimate of drug-likeness (QED) is 0.881. The zero-order valence-corrected chi connectivity index (χ0v) is 10.4. The number of rotatable bonds is 4. The summed E-state index contributed by atoms with van der Waals surface area (Å²) in [6.07, 6.45) is 5.59. The lowest BCUT2D eigenvalue weighted by Gasteiger charge is -2.09. The van der Waals surface area contributed by atoms with E-state index in [2.05, 4.69) is 9.97 Å². The fourth-order valence-electron chi connectivity index (χ4n) is 1.72. The van der Waals surface area contributed by atoms with Crippen molar-refractivity contribution in [2.45, 2.75) is 25.8 Å². The normalized spacial score (nSPS) is 12.9. The molecule has 2 aromatic rings. The molecule has 0 aromatic carbocycles. The third-order valence-corrected chi connectivity index (χ3v) is 3.78. The minimum atomic E-state index is 0.0733. The van der Waals surface area contributed by atoms with Crippen molar-refractivity contribution in [1.29, 1.82) is 0 Å². The lowest BCUT2D eigenvalue weighted by molar-refractivity contribution is 0.625. The molecule has 0 aliphatic rings. The van der Waals surface area contributed by atoms with Crippen molar-refractivity contribution in [3.05, 3.63) is 34.3 Å². The van der Waals surface area contributed by atoms with Crippen molar-refractivity contribution in [3.63, 3.8) is 0 Å². The summed E-state index contributed by atoms with van der Waals surface area (Å²) in [7, 11) is 2.01. The van der Waals surface area contributed by atoms with E-state index < -0.39 is 0 Å². The predicted octanol–water partition coefficient (Wildman–Crippen LogP) is 1.82. The van der Waals surface area contributed by atoms with Gasteiger partial charge < -0.3 is 10.3 Å². The highest BCUT2D eigenvalue weighted by molar-refractivity contribution is 7.09. The third kappa shape index (κ3) is 2.31. The highest BCUT2D eigenvalue weighted by Crippen LogP contribution is 2.23. The zero-order chi connectivity index (χ0) is 11.5. The molecule has 0 amide bonds. The molecule has 2 heterocycles. The van der Waals surface area contributed by atoms with Gasteiger partial charge in [-0.1, -0.05) is 0 Å². The fourth-order valence-corrected chi connectivity index (χ4v) is 2.56. The fraction of sp³-hybridized carbons (Fsp3) is 0.455. The zero-order valence-electron chi connectivity index (χ0n) is 9.55. The first-order valence-corrected chi connectivity index (χ1v) is 6.18. The van der Waals surface area contributed by atoms with Crippen LogP contribution >= 0.6 is 11.3 Å². The Labute approximate surface area is 99.2 Å². The van der Waals surface area contributed by atoms with Crippen LogP contribution in [0.5, 0.6) is 0 Å². The van der Waals surface area contributed by atoms with Crippen LogP contribution in [0.15, 0.2) is 17.9 Å². The second-order valence-electron chi connectivity index (χ2n) is 3.90. The topological polar surface area (TPSA) is 56.7 Å². The van der Waals surface area contributed by atoms with Gasteiger partial charge in [-0.05, 0) is 13.3 Å². The minimum absolute atomic E-state index is 0.0733. The standard InChI is InChI=1S/C11H16N4S/c1-8-11(16-7-14-8)9(12)3-4-10-13-5-6-15(10)2/h5-7,9H,3-4,12H2,1-2H3. The van der Waals surface area contributed by atoms with E-state index in [-0.39, 0.29) is 6.04 Å². The van der Waals surface area contributed by atoms with Crippen LogP contribution in [0.2, 0.25) is 0 Å². The number of nitrogens with two attached hydrogens (primary N) is 1. The smallest absolute Gasteiger partial charge is 0.108 e. The van der Waals surface area contributed by atoms with Crippen molar-refractivity contribution in [3.8, 4) is 0 Å². The number of hydrogen-bond donors (Lipinski definition) is 1. The van der Waals surface area contributed by atoms with Gasteiger partial charge in [0.1, 0.15) is 5.82 Å². The molecule has 0 spiro atoms. The maximum Gasteiger partial charge on any atom is 0.108 e. The molecule has 0 radical (unpaired) electrons. The second-order valence-corrected chi connectivity index (χ2v) is 4.79. The average molecular weight is 236 g/mol. The van der Waals surface area contributed by atoms with E-state index >= 15 is 0 Å². The molecule has 0 fully saturated rings. The monoisotopic (exact) mass is 236 g/mol. The lowest BCUT2D eigenvalue weighted by Crippen LogP contribution is -2.12. The highest BCUT2D eigenvalue weighted by Gasteiger charge is 2.12. The molecule has 16 heavy (non-hydrogen) atoms. The third-order valence-electron chi connectivity index (χ3n) is 2.72. The van der Waals surface area contributed by atoms with Crippen molar-refractivity contribution in [2.24, 2.45) is 12.8 Å². The van der Waals surface area contributed by atoms with Crippen molar-refractivity contribution >= 4 is 11.3 Å². The van der Waals surface area contributed by atoms with Crippen LogP contribution in [0.25, 0.3) is 0 Å². The number of imidazole rings is 1. The molecule has 2 N–H and O–H groups in total. The van der Waals surface area contributed by atoms with Crippen LogP contribution in [0.4, 0.5) is 0 Å². The molecule has 1 atom stereocenters. The first kappa shape index (κ1) is 11.3. The highest BCUT2D eigenvalue weighted by atomic mass is 32.1. The number of nitrogens with zero attached hydrogens (tertiary/aromatic N) is 3. The van der Waals surface area contributed by atoms with Gasteiger partial charge in [-0.15, -0.1) is 11.3 Å². The SMILES string of the molecule is Cc1ncsc1C(N)CCc1nccn1C. The molecule has 0 saturated carbocycles. The number of aromatic nitrogens is 3. The van der Waals surface area contributed by atoms with Gasteiger partial charge in [-0.25, -0.2) is 9.97 Å². The summed E-state index contributed by atoms with van der Waals surface area (Å²) in [5.41, 5.74) is 9.05. The van der Waals surface area contributed by atoms with Crippen LogP contribution in [-0.4, -0.2) is 14.5 Å². The van der Waals surface area contributed by atoms with Crippen LogP contribution in [-0.2, 0) is 13.5 Å². The van der Waals surface area contributed by atoms with E-state index in [4.69, 9.17) is 5.73 Å². The Kier molecular flexibility index (Phi) is 3.36. The summed E-state index contributed by atoms with van der Waals surface area (Å²) in [6, 6.07) is 0.0733. The molecule has 2 rings (SSSR count). The number of aryl methyl sites for hydroxylation is 3. The Hall–Kier alpha value is -1.20. The first-order chi connectivity index (χ1) is 7.68. The molecule has 0 bridgehead atoms. The van der Waals surface area contributed by atoms with Crippen molar-refractivity contribution in [2.75, 3.05) is 0 Å². The van der Waals surface area contributed by atoms with E-state index in [0.717, 1.165) is 24.4 Å². The van der Waals surface area contributed by atoms with Gasteiger partial charge in [0, 0.05) is 36.8 Å². The van der Waals surface area contributed by atoms with Gasteiger partial charge in [0.05, 0.1) is 11.2 Å². The van der Waals surface area contributed by atoms with Gasteiger partial charge in [-0.2, -0.15) is 0 Å². The number of hydrogen-bond acceptors (Lipinski definition) is 4. The summed E-state index contributed by atoms with van der Waals surface area (Å²) < 4.78 is 2.03. The predicted molar refractivity (Wildman–Crippen MR) is 65.3 cm³/mol. The lowest BCUT2D eigenvalue weighted by atomic mass is 10.1. The van der Waals surface area contributed by atoms with E-state index in [0.29, 0.717) is 0 Å². The molecule has 1 unspecified atom stereocenters. The molecule has 5 heteroatoms. The largest absolute Gasteiger partial charge is 0.338 e. The van der Waals surface area contributed by atoms with Gasteiger partial charge in [0.15, 0.2) is 0 Å². The first-order valence-electron chi connectivity index (χ1n) is 5.30. The molecule has 2 aromatic heterocycles. The van der Waals surface area contributed by atoms with E-state index in [1.54, 1.807) is 11.3 Å². The van der Waals surface area contributed by atoms with E-state index in [1.165, 1.54) is 4.88 Å².